The Hall–Kier alpha value is -3.75. The zero-order valence-corrected chi connectivity index (χ0v) is 19.4. The molecule has 2 aromatic heterocycles. The molecule has 4 aromatic rings. The van der Waals surface area contributed by atoms with Crippen LogP contribution in [-0.2, 0) is 9.59 Å². The molecule has 8 heteroatoms. The lowest BCUT2D eigenvalue weighted by atomic mass is 10.0. The maximum absolute atomic E-state index is 10.8. The van der Waals surface area contributed by atoms with Gasteiger partial charge >= 0.3 is 11.9 Å². The minimum atomic E-state index is -0.998. The number of aromatic amines is 1. The topological polar surface area (TPSA) is 103 Å². The highest BCUT2D eigenvalue weighted by molar-refractivity contribution is 9.11. The summed E-state index contributed by atoms with van der Waals surface area (Å²) in [6, 6.07) is 19.0. The van der Waals surface area contributed by atoms with Crippen molar-refractivity contribution in [3.8, 4) is 33.2 Å². The van der Waals surface area contributed by atoms with Crippen LogP contribution in [0.3, 0.4) is 0 Å². The van der Waals surface area contributed by atoms with E-state index < -0.39 is 11.9 Å². The Balaban J connectivity index is 1.75. The number of nitrogens with one attached hydrogen (secondary N) is 1. The summed E-state index contributed by atoms with van der Waals surface area (Å²) < 4.78 is 1.00. The van der Waals surface area contributed by atoms with Crippen molar-refractivity contribution in [3.63, 3.8) is 0 Å². The van der Waals surface area contributed by atoms with E-state index in [2.05, 4.69) is 20.9 Å². The van der Waals surface area contributed by atoms with Crippen LogP contribution >= 0.6 is 27.3 Å². The monoisotopic (exact) mass is 520 g/mol. The molecule has 164 valence electrons. The second kappa shape index (κ2) is 9.81. The average molecular weight is 521 g/mol. The number of carboxylic acids is 2. The molecule has 2 aromatic carbocycles. The van der Waals surface area contributed by atoms with Gasteiger partial charge in [-0.1, -0.05) is 48.5 Å². The van der Waals surface area contributed by atoms with Crippen molar-refractivity contribution in [2.75, 3.05) is 0 Å². The second-order valence-corrected chi connectivity index (χ2v) is 9.46. The number of thiophene rings is 1. The number of H-pyrrole nitrogens is 1. The molecule has 0 saturated heterocycles. The standard InChI is InChI=1S/C25H17BrN2O4S/c26-20-12-11-19(33-20)25-27-23(17-7-1-15(2-8-17)5-13-21(29)30)24(28-25)18-9-3-16(4-10-18)6-14-22(31)32/h1-14H,(H,27,28)(H,29,30)(H,31,32)/b13-5+,14-6+. The molecule has 33 heavy (non-hydrogen) atoms. The number of rotatable bonds is 7. The highest BCUT2D eigenvalue weighted by Gasteiger charge is 2.16. The van der Waals surface area contributed by atoms with Crippen molar-refractivity contribution in [3.05, 3.63) is 87.7 Å². The van der Waals surface area contributed by atoms with Gasteiger partial charge in [-0.15, -0.1) is 11.3 Å². The highest BCUT2D eigenvalue weighted by atomic mass is 79.9. The largest absolute Gasteiger partial charge is 0.478 e. The molecule has 0 fully saturated rings. The van der Waals surface area contributed by atoms with E-state index in [4.69, 9.17) is 15.2 Å². The summed E-state index contributed by atoms with van der Waals surface area (Å²) in [5, 5.41) is 17.7. The third-order valence-electron chi connectivity index (χ3n) is 4.73. The molecule has 3 N–H and O–H groups in total. The summed E-state index contributed by atoms with van der Waals surface area (Å²) in [6.07, 6.45) is 5.28. The van der Waals surface area contributed by atoms with Crippen LogP contribution in [0, 0.1) is 0 Å². The van der Waals surface area contributed by atoms with Crippen LogP contribution in [-0.4, -0.2) is 32.1 Å². The molecular weight excluding hydrogens is 504 g/mol. The number of carboxylic acid groups (broad SMARTS) is 2. The zero-order chi connectivity index (χ0) is 23.4. The summed E-state index contributed by atoms with van der Waals surface area (Å²) >= 11 is 5.06. The summed E-state index contributed by atoms with van der Waals surface area (Å²) in [7, 11) is 0. The molecule has 6 nitrogen and oxygen atoms in total. The number of benzene rings is 2. The van der Waals surface area contributed by atoms with Gasteiger partial charge in [0.1, 0.15) is 5.82 Å². The van der Waals surface area contributed by atoms with Crippen molar-refractivity contribution in [1.82, 2.24) is 9.97 Å². The van der Waals surface area contributed by atoms with E-state index in [1.54, 1.807) is 11.3 Å². The number of nitrogens with zero attached hydrogens (tertiary/aromatic N) is 1. The fraction of sp³-hybridized carbons (Fsp3) is 0. The first-order valence-corrected chi connectivity index (χ1v) is 11.4. The minimum absolute atomic E-state index is 0.736. The van der Waals surface area contributed by atoms with Crippen molar-refractivity contribution in [2.24, 2.45) is 0 Å². The van der Waals surface area contributed by atoms with Gasteiger partial charge in [-0.05, 0) is 51.3 Å². The normalized spacial score (nSPS) is 11.4. The molecule has 0 spiro atoms. The summed E-state index contributed by atoms with van der Waals surface area (Å²) in [6.45, 7) is 0. The molecule has 0 unspecified atom stereocenters. The lowest BCUT2D eigenvalue weighted by molar-refractivity contribution is -0.132. The first kappa shape index (κ1) is 22.4. The lowest BCUT2D eigenvalue weighted by Crippen LogP contribution is -1.87. The van der Waals surface area contributed by atoms with E-state index in [0.29, 0.717) is 0 Å². The molecule has 0 aliphatic heterocycles. The Labute approximate surface area is 201 Å². The van der Waals surface area contributed by atoms with Crippen molar-refractivity contribution in [1.29, 1.82) is 0 Å². The number of halogens is 1. The van der Waals surface area contributed by atoms with Gasteiger partial charge < -0.3 is 15.2 Å². The lowest BCUT2D eigenvalue weighted by Gasteiger charge is -2.05. The first-order chi connectivity index (χ1) is 15.9. The Bertz CT molecular complexity index is 1280. The van der Waals surface area contributed by atoms with Gasteiger partial charge in [-0.2, -0.15) is 0 Å². The zero-order valence-electron chi connectivity index (χ0n) is 17.0. The van der Waals surface area contributed by atoms with Gasteiger partial charge in [0, 0.05) is 23.3 Å². The predicted molar refractivity (Wildman–Crippen MR) is 134 cm³/mol. The molecule has 0 atom stereocenters. The van der Waals surface area contributed by atoms with Crippen LogP contribution in [0.1, 0.15) is 11.1 Å². The summed E-state index contributed by atoms with van der Waals surface area (Å²) in [5.74, 6) is -1.26. The summed E-state index contributed by atoms with van der Waals surface area (Å²) in [4.78, 5) is 30.8. The third-order valence-corrected chi connectivity index (χ3v) is 6.36. The highest BCUT2D eigenvalue weighted by Crippen LogP contribution is 2.36. The maximum atomic E-state index is 10.8. The minimum Gasteiger partial charge on any atom is -0.478 e. The van der Waals surface area contributed by atoms with Gasteiger partial charge in [-0.25, -0.2) is 14.6 Å². The number of aromatic nitrogens is 2. The number of hydrogen-bond acceptors (Lipinski definition) is 4. The Morgan fingerprint density at radius 2 is 1.36 bits per heavy atom. The number of hydrogen-bond donors (Lipinski definition) is 3. The van der Waals surface area contributed by atoms with Gasteiger partial charge in [0.25, 0.3) is 0 Å². The SMILES string of the molecule is O=C(O)/C=C/c1ccc(-c2nc(-c3ccc(Br)s3)[nH]c2-c2ccc(/C=C/C(=O)O)cc2)cc1. The van der Waals surface area contributed by atoms with Crippen LogP contribution in [0.4, 0.5) is 0 Å². The van der Waals surface area contributed by atoms with E-state index >= 15 is 0 Å². The van der Waals surface area contributed by atoms with Gasteiger partial charge in [0.05, 0.1) is 20.1 Å². The molecule has 4 rings (SSSR count). The van der Waals surface area contributed by atoms with Crippen LogP contribution in [0.25, 0.3) is 45.4 Å². The number of carbonyl (C=O) groups is 2. The molecule has 0 radical (unpaired) electrons. The summed E-state index contributed by atoms with van der Waals surface area (Å²) in [5.41, 5.74) is 4.93. The van der Waals surface area contributed by atoms with E-state index in [0.717, 1.165) is 60.3 Å². The molecule has 0 bridgehead atoms. The van der Waals surface area contributed by atoms with Crippen molar-refractivity contribution < 1.29 is 19.8 Å². The Morgan fingerprint density at radius 3 is 1.85 bits per heavy atom. The predicted octanol–water partition coefficient (Wildman–Crippen LogP) is 6.43. The molecule has 0 amide bonds. The van der Waals surface area contributed by atoms with Gasteiger partial charge in [-0.3, -0.25) is 0 Å². The van der Waals surface area contributed by atoms with Crippen molar-refractivity contribution in [2.45, 2.75) is 0 Å². The Kier molecular flexibility index (Phi) is 6.67. The fourth-order valence-electron chi connectivity index (χ4n) is 3.20. The number of aliphatic carboxylic acids is 2. The second-order valence-electron chi connectivity index (χ2n) is 7.00. The van der Waals surface area contributed by atoms with Crippen LogP contribution < -0.4 is 0 Å². The van der Waals surface area contributed by atoms with E-state index in [1.165, 1.54) is 12.2 Å². The number of imidazole rings is 1. The van der Waals surface area contributed by atoms with E-state index in [-0.39, 0.29) is 0 Å². The molecule has 2 heterocycles. The Morgan fingerprint density at radius 1 is 0.818 bits per heavy atom. The molecular formula is C25H17BrN2O4S. The molecule has 0 aliphatic carbocycles. The van der Waals surface area contributed by atoms with Crippen LogP contribution in [0.2, 0.25) is 0 Å². The maximum Gasteiger partial charge on any atom is 0.328 e. The van der Waals surface area contributed by atoms with Crippen LogP contribution in [0.15, 0.2) is 76.6 Å². The van der Waals surface area contributed by atoms with Gasteiger partial charge in [0.2, 0.25) is 0 Å². The van der Waals surface area contributed by atoms with Crippen LogP contribution in [0.5, 0.6) is 0 Å². The quantitative estimate of drug-likeness (QED) is 0.243. The van der Waals surface area contributed by atoms with E-state index in [9.17, 15) is 9.59 Å². The first-order valence-electron chi connectivity index (χ1n) is 9.77. The fourth-order valence-corrected chi connectivity index (χ4v) is 4.53. The average Bonchev–Trinajstić information content (AvgIpc) is 3.43. The molecule has 0 aliphatic rings. The smallest absolute Gasteiger partial charge is 0.328 e. The molecule has 0 saturated carbocycles. The van der Waals surface area contributed by atoms with Crippen molar-refractivity contribution >= 4 is 51.4 Å². The van der Waals surface area contributed by atoms with Gasteiger partial charge in [0.15, 0.2) is 0 Å². The third kappa shape index (κ3) is 5.54. The van der Waals surface area contributed by atoms with E-state index in [1.807, 2.05) is 60.7 Å².